The molecule has 1 aromatic heterocycles. The molecular formula is C17H20F2N4O. The number of amides is 2. The summed E-state index contributed by atoms with van der Waals surface area (Å²) in [7, 11) is 1.73. The molecule has 0 radical (unpaired) electrons. The third kappa shape index (κ3) is 3.72. The third-order valence-corrected chi connectivity index (χ3v) is 4.30. The highest BCUT2D eigenvalue weighted by atomic mass is 19.2. The number of aryl methyl sites for hydroxylation is 1. The lowest BCUT2D eigenvalue weighted by molar-refractivity contribution is 0.207. The van der Waals surface area contributed by atoms with Gasteiger partial charge in [0.1, 0.15) is 0 Å². The summed E-state index contributed by atoms with van der Waals surface area (Å²) in [6, 6.07) is 3.84. The maximum Gasteiger partial charge on any atom is 0.317 e. The van der Waals surface area contributed by atoms with Crippen LogP contribution in [0.3, 0.4) is 0 Å². The molecule has 1 aliphatic carbocycles. The van der Waals surface area contributed by atoms with Crippen LogP contribution in [0.25, 0.3) is 0 Å². The molecule has 1 heterocycles. The molecule has 1 saturated carbocycles. The summed E-state index contributed by atoms with van der Waals surface area (Å²) in [5.41, 5.74) is 0.336. The van der Waals surface area contributed by atoms with Gasteiger partial charge in [-0.15, -0.1) is 0 Å². The highest BCUT2D eigenvalue weighted by molar-refractivity contribution is 5.74. The first kappa shape index (κ1) is 16.4. The van der Waals surface area contributed by atoms with Gasteiger partial charge in [-0.3, -0.25) is 0 Å². The quantitative estimate of drug-likeness (QED) is 0.883. The number of hydrogen-bond donors (Lipinski definition) is 1. The first-order valence-corrected chi connectivity index (χ1v) is 7.97. The van der Waals surface area contributed by atoms with Gasteiger partial charge in [-0.25, -0.2) is 18.6 Å². The Morgan fingerprint density at radius 2 is 2.29 bits per heavy atom. The number of imidazole rings is 1. The van der Waals surface area contributed by atoms with Crippen LogP contribution in [0.5, 0.6) is 0 Å². The number of benzene rings is 1. The lowest BCUT2D eigenvalue weighted by Crippen LogP contribution is -2.39. The molecular weight excluding hydrogens is 314 g/mol. The summed E-state index contributed by atoms with van der Waals surface area (Å²) >= 11 is 0. The molecule has 0 bridgehead atoms. The first-order valence-electron chi connectivity index (χ1n) is 7.97. The lowest BCUT2D eigenvalue weighted by Gasteiger charge is -2.18. The van der Waals surface area contributed by atoms with Crippen LogP contribution >= 0.6 is 0 Å². The van der Waals surface area contributed by atoms with Gasteiger partial charge < -0.3 is 14.8 Å². The minimum Gasteiger partial charge on any atom is -0.337 e. The monoisotopic (exact) mass is 334 g/mol. The van der Waals surface area contributed by atoms with Gasteiger partial charge in [-0.2, -0.15) is 0 Å². The van der Waals surface area contributed by atoms with Gasteiger partial charge in [0.25, 0.3) is 0 Å². The third-order valence-electron chi connectivity index (χ3n) is 4.30. The Hall–Kier alpha value is -2.44. The van der Waals surface area contributed by atoms with Gasteiger partial charge in [0.2, 0.25) is 0 Å². The van der Waals surface area contributed by atoms with E-state index < -0.39 is 11.6 Å². The maximum absolute atomic E-state index is 13.8. The van der Waals surface area contributed by atoms with Crippen molar-refractivity contribution < 1.29 is 13.6 Å². The molecule has 128 valence electrons. The van der Waals surface area contributed by atoms with Crippen molar-refractivity contribution in [2.45, 2.75) is 31.3 Å². The first-order chi connectivity index (χ1) is 11.6. The zero-order valence-electron chi connectivity index (χ0n) is 13.5. The standard InChI is InChI=1S/C17H20F2N4O/c1-22(7-3-8-23-9-6-20-11-23)17(24)21-15-10-13(15)12-4-2-5-14(18)16(12)19/h2,4-6,9,11,13,15H,3,7-8,10H2,1H3,(H,21,24)/t13-,15-/m1/s1. The average Bonchev–Trinajstić information content (AvgIpc) is 3.11. The Bertz CT molecular complexity index is 705. The van der Waals surface area contributed by atoms with Gasteiger partial charge in [-0.05, 0) is 24.5 Å². The Kier molecular flexibility index (Phi) is 4.78. The fourth-order valence-electron chi connectivity index (χ4n) is 2.78. The van der Waals surface area contributed by atoms with E-state index in [9.17, 15) is 13.6 Å². The van der Waals surface area contributed by atoms with Crippen LogP contribution in [0.15, 0.2) is 36.9 Å². The number of nitrogens with zero attached hydrogens (tertiary/aromatic N) is 3. The van der Waals surface area contributed by atoms with E-state index in [1.165, 1.54) is 6.07 Å². The molecule has 0 unspecified atom stereocenters. The van der Waals surface area contributed by atoms with Crippen molar-refractivity contribution in [3.05, 3.63) is 54.1 Å². The van der Waals surface area contributed by atoms with Gasteiger partial charge >= 0.3 is 6.03 Å². The van der Waals surface area contributed by atoms with E-state index in [0.29, 0.717) is 18.5 Å². The zero-order chi connectivity index (χ0) is 17.1. The second kappa shape index (κ2) is 6.98. The highest BCUT2D eigenvalue weighted by Gasteiger charge is 2.41. The molecule has 0 aliphatic heterocycles. The van der Waals surface area contributed by atoms with E-state index in [4.69, 9.17) is 0 Å². The van der Waals surface area contributed by atoms with E-state index in [1.54, 1.807) is 30.5 Å². The van der Waals surface area contributed by atoms with E-state index in [2.05, 4.69) is 10.3 Å². The minimum atomic E-state index is -0.846. The van der Waals surface area contributed by atoms with Crippen molar-refractivity contribution >= 4 is 6.03 Å². The fourth-order valence-corrected chi connectivity index (χ4v) is 2.78. The van der Waals surface area contributed by atoms with Crippen LogP contribution in [-0.2, 0) is 6.54 Å². The van der Waals surface area contributed by atoms with Gasteiger partial charge in [0.15, 0.2) is 11.6 Å². The molecule has 2 amide bonds. The van der Waals surface area contributed by atoms with Gasteiger partial charge in [0, 0.05) is 44.5 Å². The lowest BCUT2D eigenvalue weighted by atomic mass is 10.1. The molecule has 1 fully saturated rings. The van der Waals surface area contributed by atoms with Crippen LogP contribution in [0.1, 0.15) is 24.3 Å². The van der Waals surface area contributed by atoms with E-state index in [-0.39, 0.29) is 18.0 Å². The summed E-state index contributed by atoms with van der Waals surface area (Å²) in [5.74, 6) is -1.81. The Morgan fingerprint density at radius 3 is 3.04 bits per heavy atom. The summed E-state index contributed by atoms with van der Waals surface area (Å²) in [4.78, 5) is 17.7. The minimum absolute atomic E-state index is 0.134. The normalized spacial score (nSPS) is 19.1. The smallest absolute Gasteiger partial charge is 0.317 e. The van der Waals surface area contributed by atoms with Crippen molar-refractivity contribution in [2.75, 3.05) is 13.6 Å². The van der Waals surface area contributed by atoms with Crippen molar-refractivity contribution in [3.63, 3.8) is 0 Å². The molecule has 5 nitrogen and oxygen atoms in total. The molecule has 1 N–H and O–H groups in total. The molecule has 0 spiro atoms. The number of carbonyl (C=O) groups excluding carboxylic acids is 1. The van der Waals surface area contributed by atoms with Gasteiger partial charge in [-0.1, -0.05) is 12.1 Å². The summed E-state index contributed by atoms with van der Waals surface area (Å²) in [6.07, 6.45) is 6.78. The molecule has 1 aliphatic rings. The Balaban J connectivity index is 1.45. The second-order valence-electron chi connectivity index (χ2n) is 6.12. The predicted molar refractivity (Wildman–Crippen MR) is 85.5 cm³/mol. The van der Waals surface area contributed by atoms with Crippen molar-refractivity contribution in [3.8, 4) is 0 Å². The van der Waals surface area contributed by atoms with E-state index in [0.717, 1.165) is 19.0 Å². The van der Waals surface area contributed by atoms with Gasteiger partial charge in [0.05, 0.1) is 6.33 Å². The van der Waals surface area contributed by atoms with Crippen LogP contribution in [0.4, 0.5) is 13.6 Å². The fraction of sp³-hybridized carbons (Fsp3) is 0.412. The highest BCUT2D eigenvalue weighted by Crippen LogP contribution is 2.42. The number of nitrogens with one attached hydrogen (secondary N) is 1. The molecule has 24 heavy (non-hydrogen) atoms. The van der Waals surface area contributed by atoms with Crippen LogP contribution in [0, 0.1) is 11.6 Å². The molecule has 3 rings (SSSR count). The number of halogens is 2. The van der Waals surface area contributed by atoms with Crippen molar-refractivity contribution in [1.29, 1.82) is 0 Å². The number of carbonyl (C=O) groups is 1. The predicted octanol–water partition coefficient (Wildman–Crippen LogP) is 2.75. The number of hydrogen-bond acceptors (Lipinski definition) is 2. The Labute approximate surface area is 139 Å². The van der Waals surface area contributed by atoms with Crippen molar-refractivity contribution in [1.82, 2.24) is 19.8 Å². The number of rotatable bonds is 6. The summed E-state index contributed by atoms with van der Waals surface area (Å²) < 4.78 is 29.0. The summed E-state index contributed by atoms with van der Waals surface area (Å²) in [6.45, 7) is 1.40. The molecule has 0 saturated heterocycles. The SMILES string of the molecule is CN(CCCn1ccnc1)C(=O)N[C@@H]1C[C@@H]1c1cccc(F)c1F. The van der Waals surface area contributed by atoms with Crippen LogP contribution < -0.4 is 5.32 Å². The number of urea groups is 1. The largest absolute Gasteiger partial charge is 0.337 e. The number of aromatic nitrogens is 2. The average molecular weight is 334 g/mol. The van der Waals surface area contributed by atoms with Crippen molar-refractivity contribution in [2.24, 2.45) is 0 Å². The molecule has 1 aromatic carbocycles. The van der Waals surface area contributed by atoms with E-state index in [1.807, 2.05) is 10.8 Å². The molecule has 2 atom stereocenters. The molecule has 2 aromatic rings. The van der Waals surface area contributed by atoms with Crippen LogP contribution in [-0.4, -0.2) is 40.1 Å². The molecule has 7 heteroatoms. The maximum atomic E-state index is 13.8. The topological polar surface area (TPSA) is 50.2 Å². The van der Waals surface area contributed by atoms with Crippen LogP contribution in [0.2, 0.25) is 0 Å². The second-order valence-corrected chi connectivity index (χ2v) is 6.12. The van der Waals surface area contributed by atoms with E-state index >= 15 is 0 Å². The zero-order valence-corrected chi connectivity index (χ0v) is 13.5. The summed E-state index contributed by atoms with van der Waals surface area (Å²) in [5, 5.41) is 2.87. The Morgan fingerprint density at radius 1 is 1.46 bits per heavy atom.